The summed E-state index contributed by atoms with van der Waals surface area (Å²) in [5, 5.41) is 3.00. The fourth-order valence-corrected chi connectivity index (χ4v) is 3.23. The summed E-state index contributed by atoms with van der Waals surface area (Å²) >= 11 is 0. The molecule has 1 aliphatic rings. The van der Waals surface area contributed by atoms with Gasteiger partial charge in [-0.1, -0.05) is 44.2 Å². The summed E-state index contributed by atoms with van der Waals surface area (Å²) in [5.74, 6) is 1.17. The molecule has 3 rings (SSSR count). The first-order valence-corrected chi connectivity index (χ1v) is 9.24. The highest BCUT2D eigenvalue weighted by atomic mass is 16.5. The van der Waals surface area contributed by atoms with Crippen LogP contribution in [-0.2, 0) is 24.1 Å². The quantitative estimate of drug-likeness (QED) is 0.823. The van der Waals surface area contributed by atoms with E-state index in [0.717, 1.165) is 23.4 Å². The Morgan fingerprint density at radius 2 is 1.84 bits per heavy atom. The largest absolute Gasteiger partial charge is 0.491 e. The molecule has 1 amide bonds. The Balaban J connectivity index is 1.65. The Labute approximate surface area is 150 Å². The Morgan fingerprint density at radius 3 is 2.64 bits per heavy atom. The van der Waals surface area contributed by atoms with Crippen molar-refractivity contribution in [1.82, 2.24) is 0 Å². The van der Waals surface area contributed by atoms with Gasteiger partial charge in [0.1, 0.15) is 5.75 Å². The van der Waals surface area contributed by atoms with Gasteiger partial charge in [0.15, 0.2) is 0 Å². The van der Waals surface area contributed by atoms with Crippen molar-refractivity contribution in [3.05, 3.63) is 59.2 Å². The third-order valence-electron chi connectivity index (χ3n) is 4.51. The third kappa shape index (κ3) is 4.85. The number of hydrogen-bond acceptors (Lipinski definition) is 2. The molecule has 2 aromatic carbocycles. The lowest BCUT2D eigenvalue weighted by molar-refractivity contribution is -0.115. The van der Waals surface area contributed by atoms with Gasteiger partial charge in [0.2, 0.25) is 5.91 Å². The Hall–Kier alpha value is -2.29. The molecule has 0 aliphatic heterocycles. The number of carbonyl (C=O) groups excluding carboxylic acids is 1. The van der Waals surface area contributed by atoms with Crippen LogP contribution in [0.5, 0.6) is 5.75 Å². The van der Waals surface area contributed by atoms with Crippen molar-refractivity contribution in [3.63, 3.8) is 0 Å². The summed E-state index contributed by atoms with van der Waals surface area (Å²) in [6, 6.07) is 14.1. The van der Waals surface area contributed by atoms with E-state index in [1.54, 1.807) is 0 Å². The average Bonchev–Trinajstić information content (AvgIpc) is 2.60. The van der Waals surface area contributed by atoms with Crippen LogP contribution in [0.3, 0.4) is 0 Å². The van der Waals surface area contributed by atoms with Gasteiger partial charge in [0.25, 0.3) is 0 Å². The minimum atomic E-state index is -0.00337. The van der Waals surface area contributed by atoms with Crippen LogP contribution in [0.15, 0.2) is 42.5 Å². The summed E-state index contributed by atoms with van der Waals surface area (Å²) in [6.45, 7) is 4.85. The van der Waals surface area contributed by atoms with E-state index in [1.807, 2.05) is 24.3 Å². The fraction of sp³-hybridized carbons (Fsp3) is 0.409. The maximum Gasteiger partial charge on any atom is 0.228 e. The van der Waals surface area contributed by atoms with Crippen LogP contribution < -0.4 is 10.1 Å². The molecule has 0 aromatic heterocycles. The van der Waals surface area contributed by atoms with E-state index < -0.39 is 0 Å². The molecule has 0 saturated heterocycles. The van der Waals surface area contributed by atoms with Gasteiger partial charge in [-0.2, -0.15) is 0 Å². The second-order valence-corrected chi connectivity index (χ2v) is 7.24. The number of benzene rings is 2. The number of hydrogen-bond donors (Lipinski definition) is 1. The molecule has 0 heterocycles. The number of anilines is 1. The number of fused-ring (bicyclic) bond motifs is 1. The van der Waals surface area contributed by atoms with Crippen LogP contribution in [0.4, 0.5) is 5.69 Å². The van der Waals surface area contributed by atoms with Crippen LogP contribution in [0.25, 0.3) is 0 Å². The predicted octanol–water partition coefficient (Wildman–Crippen LogP) is 4.78. The number of para-hydroxylation sites is 2. The highest BCUT2D eigenvalue weighted by molar-refractivity contribution is 5.93. The maximum absolute atomic E-state index is 12.5. The lowest BCUT2D eigenvalue weighted by Crippen LogP contribution is -2.16. The van der Waals surface area contributed by atoms with Gasteiger partial charge in [0.05, 0.1) is 18.7 Å². The molecule has 3 nitrogen and oxygen atoms in total. The molecule has 1 N–H and O–H groups in total. The summed E-state index contributed by atoms with van der Waals surface area (Å²) in [6.07, 6.45) is 5.23. The smallest absolute Gasteiger partial charge is 0.228 e. The van der Waals surface area contributed by atoms with E-state index in [2.05, 4.69) is 37.4 Å². The molecule has 0 bridgehead atoms. The first kappa shape index (κ1) is 17.5. The van der Waals surface area contributed by atoms with Crippen molar-refractivity contribution in [2.24, 2.45) is 5.92 Å². The lowest BCUT2D eigenvalue weighted by Gasteiger charge is -2.17. The molecular formula is C22H27NO2. The minimum Gasteiger partial charge on any atom is -0.491 e. The molecule has 2 aromatic rings. The highest BCUT2D eigenvalue weighted by Crippen LogP contribution is 2.25. The number of amides is 1. The minimum absolute atomic E-state index is 0.00337. The predicted molar refractivity (Wildman–Crippen MR) is 102 cm³/mol. The van der Waals surface area contributed by atoms with Crippen molar-refractivity contribution in [3.8, 4) is 5.75 Å². The zero-order chi connectivity index (χ0) is 17.6. The van der Waals surface area contributed by atoms with E-state index in [9.17, 15) is 4.79 Å². The van der Waals surface area contributed by atoms with E-state index in [4.69, 9.17) is 4.74 Å². The molecule has 0 spiro atoms. The second kappa shape index (κ2) is 8.19. The Kier molecular flexibility index (Phi) is 5.75. The standard InChI is InChI=1S/C22H27NO2/c1-16(2)15-25-21-10-6-5-9-20(21)23-22(24)14-17-11-12-18-7-3-4-8-19(18)13-17/h5-6,9-13,16H,3-4,7-8,14-15H2,1-2H3,(H,23,24). The number of ether oxygens (including phenoxy) is 1. The van der Waals surface area contributed by atoms with Gasteiger partial charge in [-0.25, -0.2) is 0 Å². The Bertz CT molecular complexity index is 737. The van der Waals surface area contributed by atoms with Gasteiger partial charge < -0.3 is 10.1 Å². The topological polar surface area (TPSA) is 38.3 Å². The summed E-state index contributed by atoms with van der Waals surface area (Å²) in [4.78, 5) is 12.5. The molecule has 25 heavy (non-hydrogen) atoms. The SMILES string of the molecule is CC(C)COc1ccccc1NC(=O)Cc1ccc2c(c1)CCCC2. The molecular weight excluding hydrogens is 310 g/mol. The van der Waals surface area contributed by atoms with E-state index in [-0.39, 0.29) is 5.91 Å². The zero-order valence-corrected chi connectivity index (χ0v) is 15.2. The van der Waals surface area contributed by atoms with Gasteiger partial charge >= 0.3 is 0 Å². The Morgan fingerprint density at radius 1 is 1.08 bits per heavy atom. The van der Waals surface area contributed by atoms with Crippen LogP contribution in [0, 0.1) is 5.92 Å². The third-order valence-corrected chi connectivity index (χ3v) is 4.51. The zero-order valence-electron chi connectivity index (χ0n) is 15.2. The monoisotopic (exact) mass is 337 g/mol. The van der Waals surface area contributed by atoms with Gasteiger partial charge in [-0.05, 0) is 60.4 Å². The normalized spacial score (nSPS) is 13.4. The molecule has 0 atom stereocenters. The van der Waals surface area contributed by atoms with Crippen LogP contribution >= 0.6 is 0 Å². The van der Waals surface area contributed by atoms with Gasteiger partial charge in [0, 0.05) is 0 Å². The van der Waals surface area contributed by atoms with Gasteiger partial charge in [-0.3, -0.25) is 4.79 Å². The first-order chi connectivity index (χ1) is 12.1. The summed E-state index contributed by atoms with van der Waals surface area (Å²) in [7, 11) is 0. The van der Waals surface area contributed by atoms with Crippen LogP contribution in [0.1, 0.15) is 43.4 Å². The summed E-state index contributed by atoms with van der Waals surface area (Å²) in [5.41, 5.74) is 4.69. The molecule has 1 aliphatic carbocycles. The first-order valence-electron chi connectivity index (χ1n) is 9.24. The average molecular weight is 337 g/mol. The van der Waals surface area contributed by atoms with Crippen LogP contribution in [0.2, 0.25) is 0 Å². The highest BCUT2D eigenvalue weighted by Gasteiger charge is 2.12. The number of aryl methyl sites for hydroxylation is 2. The molecule has 0 radical (unpaired) electrons. The van der Waals surface area contributed by atoms with Crippen molar-refractivity contribution in [2.45, 2.75) is 46.0 Å². The molecule has 0 fully saturated rings. The number of carbonyl (C=O) groups is 1. The van der Waals surface area contributed by atoms with E-state index in [0.29, 0.717) is 18.9 Å². The maximum atomic E-state index is 12.5. The van der Waals surface area contributed by atoms with E-state index in [1.165, 1.54) is 30.4 Å². The molecule has 3 heteroatoms. The van der Waals surface area contributed by atoms with E-state index >= 15 is 0 Å². The van der Waals surface area contributed by atoms with Crippen molar-refractivity contribution in [2.75, 3.05) is 11.9 Å². The molecule has 132 valence electrons. The lowest BCUT2D eigenvalue weighted by atomic mass is 9.90. The van der Waals surface area contributed by atoms with Crippen molar-refractivity contribution in [1.29, 1.82) is 0 Å². The second-order valence-electron chi connectivity index (χ2n) is 7.24. The molecule has 0 saturated carbocycles. The summed E-state index contributed by atoms with van der Waals surface area (Å²) < 4.78 is 5.81. The van der Waals surface area contributed by atoms with Gasteiger partial charge in [-0.15, -0.1) is 0 Å². The molecule has 0 unspecified atom stereocenters. The number of nitrogens with one attached hydrogen (secondary N) is 1. The van der Waals surface area contributed by atoms with Crippen LogP contribution in [-0.4, -0.2) is 12.5 Å². The number of rotatable bonds is 6. The van der Waals surface area contributed by atoms with Crippen molar-refractivity contribution < 1.29 is 9.53 Å². The fourth-order valence-electron chi connectivity index (χ4n) is 3.23. The van der Waals surface area contributed by atoms with Crippen molar-refractivity contribution >= 4 is 11.6 Å².